The summed E-state index contributed by atoms with van der Waals surface area (Å²) < 4.78 is -0.312. The Hall–Kier alpha value is -1.56. The van der Waals surface area contributed by atoms with E-state index in [1.54, 1.807) is 25.9 Å². The molecule has 110 valence electrons. The van der Waals surface area contributed by atoms with Gasteiger partial charge < -0.3 is 14.8 Å². The summed E-state index contributed by atoms with van der Waals surface area (Å²) in [7, 11) is 3.38. The van der Waals surface area contributed by atoms with Crippen molar-refractivity contribution in [1.29, 1.82) is 0 Å². The van der Waals surface area contributed by atoms with Gasteiger partial charge in [0.05, 0.1) is 31.2 Å². The lowest BCUT2D eigenvalue weighted by Gasteiger charge is -2.43. The van der Waals surface area contributed by atoms with E-state index in [0.717, 1.165) is 16.4 Å². The van der Waals surface area contributed by atoms with Crippen molar-refractivity contribution in [3.05, 3.63) is 47.8 Å². The first-order chi connectivity index (χ1) is 9.97. The van der Waals surface area contributed by atoms with Crippen LogP contribution in [0.1, 0.15) is 6.92 Å². The monoisotopic (exact) mass is 301 g/mol. The number of benzene rings is 1. The molecule has 3 rings (SSSR count). The molecule has 1 aliphatic rings. The van der Waals surface area contributed by atoms with E-state index in [4.69, 9.17) is 0 Å². The fourth-order valence-corrected chi connectivity index (χ4v) is 3.38. The number of anilines is 2. The minimum absolute atomic E-state index is 0.0454. The molecule has 0 N–H and O–H groups in total. The molecule has 1 aromatic heterocycles. The molecule has 0 aliphatic carbocycles. The van der Waals surface area contributed by atoms with Crippen LogP contribution in [0.15, 0.2) is 52.4 Å². The van der Waals surface area contributed by atoms with Crippen LogP contribution in [0.4, 0.5) is 11.5 Å². The van der Waals surface area contributed by atoms with Gasteiger partial charge in [-0.1, -0.05) is 23.9 Å². The standard InChI is InChI=1S/C16H19N3OS/c1-12(19(2,3)20)11-18-13-7-4-5-8-14(13)21-15-9-6-10-17-16(15)18/h4-10,12H,11H2,1-3H3/t12-/m1/s1. The van der Waals surface area contributed by atoms with Crippen molar-refractivity contribution >= 4 is 23.3 Å². The highest BCUT2D eigenvalue weighted by Crippen LogP contribution is 2.46. The number of pyridine rings is 1. The van der Waals surface area contributed by atoms with Crippen molar-refractivity contribution in [2.45, 2.75) is 22.8 Å². The molecule has 0 amide bonds. The summed E-state index contributed by atoms with van der Waals surface area (Å²) in [5.41, 5.74) is 1.13. The second kappa shape index (κ2) is 5.33. The number of para-hydroxylation sites is 1. The molecule has 0 unspecified atom stereocenters. The molecule has 0 bridgehead atoms. The maximum absolute atomic E-state index is 12.2. The van der Waals surface area contributed by atoms with Gasteiger partial charge >= 0.3 is 0 Å². The molecule has 2 heterocycles. The van der Waals surface area contributed by atoms with E-state index in [1.165, 1.54) is 4.90 Å². The van der Waals surface area contributed by atoms with Crippen molar-refractivity contribution in [2.24, 2.45) is 0 Å². The van der Waals surface area contributed by atoms with Crippen molar-refractivity contribution in [2.75, 3.05) is 25.5 Å². The van der Waals surface area contributed by atoms with Gasteiger partial charge in [0.1, 0.15) is 11.9 Å². The van der Waals surface area contributed by atoms with E-state index in [0.29, 0.717) is 6.54 Å². The van der Waals surface area contributed by atoms with Gasteiger partial charge in [-0.25, -0.2) is 4.98 Å². The lowest BCUT2D eigenvalue weighted by molar-refractivity contribution is -0.862. The topological polar surface area (TPSA) is 39.2 Å². The minimum atomic E-state index is -0.312. The third-order valence-corrected chi connectivity index (χ3v) is 4.99. The summed E-state index contributed by atoms with van der Waals surface area (Å²) in [5, 5.41) is 12.2. The Balaban J connectivity index is 2.03. The van der Waals surface area contributed by atoms with E-state index >= 15 is 0 Å². The maximum atomic E-state index is 12.2. The number of hydrogen-bond donors (Lipinski definition) is 0. The molecule has 0 saturated heterocycles. The highest BCUT2D eigenvalue weighted by atomic mass is 32.2. The molecular formula is C16H19N3OS. The fraction of sp³-hybridized carbons (Fsp3) is 0.312. The number of rotatable bonds is 3. The zero-order valence-electron chi connectivity index (χ0n) is 12.5. The van der Waals surface area contributed by atoms with E-state index in [1.807, 2.05) is 31.3 Å². The zero-order chi connectivity index (χ0) is 15.0. The van der Waals surface area contributed by atoms with Crippen LogP contribution in [0.2, 0.25) is 0 Å². The van der Waals surface area contributed by atoms with Crippen LogP contribution < -0.4 is 4.90 Å². The molecule has 2 aromatic rings. The molecule has 1 atom stereocenters. The van der Waals surface area contributed by atoms with Crippen LogP contribution in [0.25, 0.3) is 0 Å². The van der Waals surface area contributed by atoms with Gasteiger partial charge in [0.25, 0.3) is 0 Å². The van der Waals surface area contributed by atoms with Gasteiger partial charge in [0.15, 0.2) is 0 Å². The molecule has 5 heteroatoms. The predicted octanol–water partition coefficient (Wildman–Crippen LogP) is 3.65. The van der Waals surface area contributed by atoms with Crippen molar-refractivity contribution in [3.8, 4) is 0 Å². The first-order valence-corrected chi connectivity index (χ1v) is 7.82. The first-order valence-electron chi connectivity index (χ1n) is 7.01. The predicted molar refractivity (Wildman–Crippen MR) is 86.7 cm³/mol. The molecule has 1 aromatic carbocycles. The number of aromatic nitrogens is 1. The Morgan fingerprint density at radius 3 is 2.67 bits per heavy atom. The number of likely N-dealkylation sites (N-methyl/N-ethyl adjacent to an activating group) is 1. The molecule has 21 heavy (non-hydrogen) atoms. The second-order valence-corrected chi connectivity index (χ2v) is 6.87. The molecular weight excluding hydrogens is 282 g/mol. The zero-order valence-corrected chi connectivity index (χ0v) is 13.3. The van der Waals surface area contributed by atoms with Gasteiger partial charge in [-0.2, -0.15) is 0 Å². The third-order valence-electron chi connectivity index (χ3n) is 3.89. The van der Waals surface area contributed by atoms with Gasteiger partial charge in [-0.05, 0) is 31.2 Å². The van der Waals surface area contributed by atoms with Crippen LogP contribution in [-0.4, -0.2) is 36.3 Å². The summed E-state index contributed by atoms with van der Waals surface area (Å²) >= 11 is 1.73. The van der Waals surface area contributed by atoms with Gasteiger partial charge in [-0.3, -0.25) is 0 Å². The molecule has 0 radical (unpaired) electrons. The lowest BCUT2D eigenvalue weighted by atomic mass is 10.2. The quantitative estimate of drug-likeness (QED) is 0.641. The summed E-state index contributed by atoms with van der Waals surface area (Å²) in [6.45, 7) is 2.64. The highest BCUT2D eigenvalue weighted by molar-refractivity contribution is 7.99. The van der Waals surface area contributed by atoms with Gasteiger partial charge in [0, 0.05) is 11.1 Å². The summed E-state index contributed by atoms with van der Waals surface area (Å²) in [5.74, 6) is 0.946. The number of fused-ring (bicyclic) bond motifs is 2. The molecule has 0 fully saturated rings. The average molecular weight is 301 g/mol. The van der Waals surface area contributed by atoms with Crippen LogP contribution in [-0.2, 0) is 0 Å². The minimum Gasteiger partial charge on any atom is -0.633 e. The molecule has 0 saturated carbocycles. The van der Waals surface area contributed by atoms with Crippen LogP contribution in [0.5, 0.6) is 0 Å². The van der Waals surface area contributed by atoms with E-state index < -0.39 is 0 Å². The molecule has 1 aliphatic heterocycles. The Bertz CT molecular complexity index is 608. The highest BCUT2D eigenvalue weighted by Gasteiger charge is 2.28. The Labute approximate surface area is 129 Å². The van der Waals surface area contributed by atoms with Gasteiger partial charge in [0.2, 0.25) is 0 Å². The molecule has 4 nitrogen and oxygen atoms in total. The van der Waals surface area contributed by atoms with Gasteiger partial charge in [-0.15, -0.1) is 0 Å². The lowest BCUT2D eigenvalue weighted by Crippen LogP contribution is -2.47. The third kappa shape index (κ3) is 2.77. The Kier molecular flexibility index (Phi) is 3.65. The smallest absolute Gasteiger partial charge is 0.147 e. The largest absolute Gasteiger partial charge is 0.633 e. The molecule has 0 spiro atoms. The van der Waals surface area contributed by atoms with Crippen molar-refractivity contribution in [1.82, 2.24) is 4.98 Å². The van der Waals surface area contributed by atoms with E-state index in [9.17, 15) is 5.21 Å². The first kappa shape index (κ1) is 14.4. The van der Waals surface area contributed by atoms with Crippen LogP contribution in [0, 0.1) is 5.21 Å². The van der Waals surface area contributed by atoms with Crippen LogP contribution >= 0.6 is 11.8 Å². The average Bonchev–Trinajstić information content (AvgIpc) is 2.46. The van der Waals surface area contributed by atoms with Crippen molar-refractivity contribution in [3.63, 3.8) is 0 Å². The normalized spacial score (nSPS) is 15.3. The SMILES string of the molecule is C[C@H](CN1c2ccccc2Sc2cccnc21)[N+](C)(C)[O-]. The van der Waals surface area contributed by atoms with E-state index in [2.05, 4.69) is 28.1 Å². The maximum Gasteiger partial charge on any atom is 0.147 e. The summed E-state index contributed by atoms with van der Waals surface area (Å²) in [6, 6.07) is 12.3. The van der Waals surface area contributed by atoms with E-state index in [-0.39, 0.29) is 10.7 Å². The summed E-state index contributed by atoms with van der Waals surface area (Å²) in [4.78, 5) is 9.05. The number of nitrogens with zero attached hydrogens (tertiary/aromatic N) is 3. The number of hydrogen-bond acceptors (Lipinski definition) is 4. The fourth-order valence-electron chi connectivity index (χ4n) is 2.31. The number of quaternary nitrogens is 1. The second-order valence-electron chi connectivity index (χ2n) is 5.79. The van der Waals surface area contributed by atoms with Crippen molar-refractivity contribution < 1.29 is 4.65 Å². The Morgan fingerprint density at radius 1 is 1.19 bits per heavy atom. The summed E-state index contributed by atoms with van der Waals surface area (Å²) in [6.07, 6.45) is 1.81. The number of hydroxylamine groups is 3. The van der Waals surface area contributed by atoms with Crippen LogP contribution in [0.3, 0.4) is 0 Å². The Morgan fingerprint density at radius 2 is 1.90 bits per heavy atom.